The van der Waals surface area contributed by atoms with Gasteiger partial charge < -0.3 is 10.4 Å². The number of hydrogen-bond acceptors (Lipinski definition) is 5. The molecule has 0 aliphatic carbocycles. The van der Waals surface area contributed by atoms with Gasteiger partial charge in [-0.1, -0.05) is 30.8 Å². The normalized spacial score (nSPS) is 10.1. The smallest absolute Gasteiger partial charge is 0.164 e. The summed E-state index contributed by atoms with van der Waals surface area (Å²) in [7, 11) is 1.77. The molecule has 0 spiro atoms. The van der Waals surface area contributed by atoms with E-state index in [1.165, 1.54) is 6.33 Å². The van der Waals surface area contributed by atoms with Crippen LogP contribution >= 0.6 is 0 Å². The Hall–Kier alpha value is -2.53. The molecule has 2 aromatic rings. The Morgan fingerprint density at radius 3 is 2.75 bits per heavy atom. The van der Waals surface area contributed by atoms with E-state index in [1.807, 2.05) is 24.3 Å². The number of aliphatic hydroxyl groups excluding tert-OH is 1. The monoisotopic (exact) mass is 268 g/mol. The van der Waals surface area contributed by atoms with Crippen LogP contribution in [0, 0.1) is 0 Å². The summed E-state index contributed by atoms with van der Waals surface area (Å²) in [6.45, 7) is 7.57. The minimum absolute atomic E-state index is 0.0609. The van der Waals surface area contributed by atoms with E-state index in [9.17, 15) is 5.11 Å². The Morgan fingerprint density at radius 2 is 2.10 bits per heavy atom. The van der Waals surface area contributed by atoms with E-state index in [1.54, 1.807) is 7.05 Å². The second-order valence-corrected chi connectivity index (χ2v) is 4.12. The minimum Gasteiger partial charge on any atom is -0.392 e. The quantitative estimate of drug-likeness (QED) is 0.817. The van der Waals surface area contributed by atoms with Crippen molar-refractivity contribution in [3.63, 3.8) is 0 Å². The van der Waals surface area contributed by atoms with Gasteiger partial charge in [-0.15, -0.1) is 0 Å². The van der Waals surface area contributed by atoms with Crippen LogP contribution in [-0.2, 0) is 6.61 Å². The maximum atomic E-state index is 9.44. The molecule has 0 amide bonds. The van der Waals surface area contributed by atoms with E-state index in [-0.39, 0.29) is 6.61 Å². The third-order valence-electron chi connectivity index (χ3n) is 3.03. The minimum atomic E-state index is -0.0609. The fourth-order valence-electron chi connectivity index (χ4n) is 2.05. The van der Waals surface area contributed by atoms with Gasteiger partial charge in [-0.2, -0.15) is 0 Å². The van der Waals surface area contributed by atoms with Gasteiger partial charge in [-0.3, -0.25) is 0 Å². The highest BCUT2D eigenvalue weighted by molar-refractivity contribution is 5.89. The summed E-state index contributed by atoms with van der Waals surface area (Å²) in [5.41, 5.74) is 3.01. The molecule has 1 heterocycles. The third-order valence-corrected chi connectivity index (χ3v) is 3.03. The van der Waals surface area contributed by atoms with Crippen LogP contribution in [-0.4, -0.2) is 28.8 Å². The molecular weight excluding hydrogens is 252 g/mol. The molecule has 2 rings (SSSR count). The highest BCUT2D eigenvalue weighted by atomic mass is 16.3. The highest BCUT2D eigenvalue weighted by Crippen LogP contribution is 2.34. The van der Waals surface area contributed by atoms with Crippen molar-refractivity contribution >= 4 is 23.9 Å². The van der Waals surface area contributed by atoms with Crippen molar-refractivity contribution in [2.24, 2.45) is 4.99 Å². The Morgan fingerprint density at radius 1 is 1.35 bits per heavy atom. The van der Waals surface area contributed by atoms with Gasteiger partial charge in [0, 0.05) is 7.05 Å². The van der Waals surface area contributed by atoms with Gasteiger partial charge in [0.05, 0.1) is 12.2 Å². The number of aliphatic hydroxyl groups is 1. The molecule has 0 saturated carbocycles. The van der Waals surface area contributed by atoms with Crippen molar-refractivity contribution in [2.75, 3.05) is 12.4 Å². The van der Waals surface area contributed by atoms with E-state index in [2.05, 4.69) is 33.6 Å². The van der Waals surface area contributed by atoms with E-state index < -0.39 is 0 Å². The number of anilines is 1. The maximum Gasteiger partial charge on any atom is 0.164 e. The molecule has 0 aliphatic rings. The molecule has 0 radical (unpaired) electrons. The number of aliphatic imine (C=N–C) groups is 1. The zero-order valence-electron chi connectivity index (χ0n) is 11.3. The Bertz CT molecular complexity index is 652. The first-order valence-electron chi connectivity index (χ1n) is 6.10. The van der Waals surface area contributed by atoms with Crippen LogP contribution in [0.15, 0.2) is 42.2 Å². The number of benzene rings is 1. The molecule has 0 fully saturated rings. The van der Waals surface area contributed by atoms with Crippen LogP contribution < -0.4 is 5.32 Å². The van der Waals surface area contributed by atoms with E-state index >= 15 is 0 Å². The van der Waals surface area contributed by atoms with Gasteiger partial charge in [-0.05, 0) is 23.4 Å². The molecule has 2 N–H and O–H groups in total. The van der Waals surface area contributed by atoms with Crippen molar-refractivity contribution in [3.8, 4) is 0 Å². The molecule has 1 aromatic heterocycles. The second-order valence-electron chi connectivity index (χ2n) is 4.12. The first-order valence-corrected chi connectivity index (χ1v) is 6.10. The van der Waals surface area contributed by atoms with Crippen LogP contribution in [0.4, 0.5) is 11.6 Å². The lowest BCUT2D eigenvalue weighted by Crippen LogP contribution is -2.02. The molecule has 0 unspecified atom stereocenters. The largest absolute Gasteiger partial charge is 0.392 e. The van der Waals surface area contributed by atoms with Gasteiger partial charge in [-0.25, -0.2) is 15.0 Å². The fraction of sp³-hybridized carbons (Fsp3) is 0.133. The summed E-state index contributed by atoms with van der Waals surface area (Å²) < 4.78 is 0. The van der Waals surface area contributed by atoms with Gasteiger partial charge in [0.2, 0.25) is 0 Å². The third kappa shape index (κ3) is 2.44. The molecule has 5 nitrogen and oxygen atoms in total. The van der Waals surface area contributed by atoms with Crippen LogP contribution in [0.25, 0.3) is 5.57 Å². The zero-order chi connectivity index (χ0) is 14.5. The van der Waals surface area contributed by atoms with E-state index in [4.69, 9.17) is 0 Å². The van der Waals surface area contributed by atoms with E-state index in [0.29, 0.717) is 22.8 Å². The number of rotatable bonds is 5. The molecular formula is C15H16N4O. The highest BCUT2D eigenvalue weighted by Gasteiger charge is 2.16. The average molecular weight is 268 g/mol. The van der Waals surface area contributed by atoms with Crippen molar-refractivity contribution in [1.82, 2.24) is 9.97 Å². The predicted octanol–water partition coefficient (Wildman–Crippen LogP) is 2.40. The van der Waals surface area contributed by atoms with Crippen LogP contribution in [0.3, 0.4) is 0 Å². The molecule has 0 saturated heterocycles. The van der Waals surface area contributed by atoms with Gasteiger partial charge >= 0.3 is 0 Å². The predicted molar refractivity (Wildman–Crippen MR) is 81.3 cm³/mol. The number of aromatic nitrogens is 2. The fourth-order valence-corrected chi connectivity index (χ4v) is 2.05. The van der Waals surface area contributed by atoms with Gasteiger partial charge in [0.1, 0.15) is 12.1 Å². The summed E-state index contributed by atoms with van der Waals surface area (Å²) in [5, 5.41) is 12.4. The summed E-state index contributed by atoms with van der Waals surface area (Å²) in [6, 6.07) is 7.51. The lowest BCUT2D eigenvalue weighted by atomic mass is 9.96. The lowest BCUT2D eigenvalue weighted by Gasteiger charge is -2.14. The van der Waals surface area contributed by atoms with Crippen LogP contribution in [0.1, 0.15) is 16.7 Å². The molecule has 0 bridgehead atoms. The first-order chi connectivity index (χ1) is 9.72. The summed E-state index contributed by atoms with van der Waals surface area (Å²) in [6.07, 6.45) is 1.42. The van der Waals surface area contributed by atoms with Gasteiger partial charge in [0.15, 0.2) is 5.82 Å². The van der Waals surface area contributed by atoms with Crippen molar-refractivity contribution in [3.05, 3.63) is 53.9 Å². The van der Waals surface area contributed by atoms with Gasteiger partial charge in [0.25, 0.3) is 0 Å². The Labute approximate surface area is 117 Å². The Balaban J connectivity index is 2.61. The molecule has 5 heteroatoms. The number of nitrogens with zero attached hydrogens (tertiary/aromatic N) is 3. The lowest BCUT2D eigenvalue weighted by molar-refractivity contribution is 0.281. The summed E-state index contributed by atoms with van der Waals surface area (Å²) >= 11 is 0. The summed E-state index contributed by atoms with van der Waals surface area (Å²) in [5.74, 6) is 1.09. The van der Waals surface area contributed by atoms with E-state index in [0.717, 1.165) is 11.1 Å². The van der Waals surface area contributed by atoms with Crippen LogP contribution in [0.2, 0.25) is 0 Å². The SMILES string of the molecule is C=Nc1ncnc(NC)c1C(=C)c1ccccc1CO. The average Bonchev–Trinajstić information content (AvgIpc) is 2.53. The second kappa shape index (κ2) is 6.08. The molecule has 102 valence electrons. The standard InChI is InChI=1S/C15H16N4O/c1-10(12-7-5-4-6-11(12)8-20)13-14(16-2)18-9-19-15(13)17-3/h4-7,9,20H,1-2,8H2,3H3,(H,17,18,19). The van der Waals surface area contributed by atoms with Crippen LogP contribution in [0.5, 0.6) is 0 Å². The van der Waals surface area contributed by atoms with Crippen molar-refractivity contribution in [1.29, 1.82) is 0 Å². The topological polar surface area (TPSA) is 70.4 Å². The number of nitrogens with one attached hydrogen (secondary N) is 1. The molecule has 0 aliphatic heterocycles. The Kier molecular flexibility index (Phi) is 4.22. The van der Waals surface area contributed by atoms with Crippen molar-refractivity contribution in [2.45, 2.75) is 6.61 Å². The number of hydrogen-bond donors (Lipinski definition) is 2. The molecule has 20 heavy (non-hydrogen) atoms. The zero-order valence-corrected chi connectivity index (χ0v) is 11.3. The molecule has 0 atom stereocenters. The summed E-state index contributed by atoms with van der Waals surface area (Å²) in [4.78, 5) is 12.2. The maximum absolute atomic E-state index is 9.44. The first kappa shape index (κ1) is 13.9. The molecule has 1 aromatic carbocycles. The van der Waals surface area contributed by atoms with Crippen molar-refractivity contribution < 1.29 is 5.11 Å².